The molecule has 1 N–H and O–H groups in total. The molecular formula is C37H52ClN3O5S. The van der Waals surface area contributed by atoms with E-state index in [1.54, 1.807) is 6.07 Å². The van der Waals surface area contributed by atoms with Crippen LogP contribution in [0.2, 0.25) is 5.02 Å². The molecule has 1 saturated heterocycles. The second-order valence-corrected chi connectivity index (χ2v) is 16.3. The van der Waals surface area contributed by atoms with Gasteiger partial charge in [0.05, 0.1) is 31.5 Å². The highest BCUT2D eigenvalue weighted by molar-refractivity contribution is 7.83. The third-order valence-electron chi connectivity index (χ3n) is 10.9. The molecule has 4 unspecified atom stereocenters. The molecule has 2 aliphatic heterocycles. The van der Waals surface area contributed by atoms with Crippen molar-refractivity contribution in [1.29, 1.82) is 0 Å². The number of nitrogens with zero attached hydrogens (tertiary/aromatic N) is 2. The molecule has 8 nitrogen and oxygen atoms in total. The largest absolute Gasteiger partial charge is 0.490 e. The van der Waals surface area contributed by atoms with Crippen molar-refractivity contribution < 1.29 is 23.2 Å². The zero-order valence-electron chi connectivity index (χ0n) is 28.5. The van der Waals surface area contributed by atoms with Crippen LogP contribution in [-0.4, -0.2) is 80.1 Å². The Morgan fingerprint density at radius 3 is 2.66 bits per heavy atom. The molecular weight excluding hydrogens is 634 g/mol. The van der Waals surface area contributed by atoms with E-state index in [1.165, 1.54) is 17.5 Å². The van der Waals surface area contributed by atoms with Crippen LogP contribution in [0.25, 0.3) is 0 Å². The normalized spacial score (nSPS) is 28.4. The molecule has 258 valence electrons. The molecule has 2 aliphatic carbocycles. The summed E-state index contributed by atoms with van der Waals surface area (Å²) in [6.07, 6.45) is 8.21. The highest BCUT2D eigenvalue weighted by atomic mass is 35.5. The number of nitrogens with one attached hydrogen (secondary N) is 1. The Balaban J connectivity index is 1.24. The molecule has 10 heteroatoms. The summed E-state index contributed by atoms with van der Waals surface area (Å²) in [6.45, 7) is 7.83. The highest BCUT2D eigenvalue weighted by Crippen LogP contribution is 2.47. The van der Waals surface area contributed by atoms with Gasteiger partial charge in [0.15, 0.2) is 6.29 Å². The van der Waals surface area contributed by atoms with Gasteiger partial charge in [0.2, 0.25) is 0 Å². The summed E-state index contributed by atoms with van der Waals surface area (Å²) in [5.74, 6) is 2.22. The van der Waals surface area contributed by atoms with Crippen LogP contribution < -0.4 is 14.4 Å². The number of fused-ring (bicyclic) bond motifs is 3. The van der Waals surface area contributed by atoms with Crippen LogP contribution in [0.1, 0.15) is 80.3 Å². The molecule has 4 aliphatic rings. The fourth-order valence-corrected chi connectivity index (χ4v) is 9.27. The Morgan fingerprint density at radius 1 is 1.15 bits per heavy atom. The van der Waals surface area contributed by atoms with Gasteiger partial charge < -0.3 is 24.0 Å². The van der Waals surface area contributed by atoms with Crippen molar-refractivity contribution >= 4 is 34.2 Å². The molecule has 0 radical (unpaired) electrons. The molecule has 47 heavy (non-hydrogen) atoms. The van der Waals surface area contributed by atoms with Crippen molar-refractivity contribution in [3.63, 3.8) is 0 Å². The van der Waals surface area contributed by atoms with E-state index in [-0.39, 0.29) is 23.5 Å². The second kappa shape index (κ2) is 15.2. The van der Waals surface area contributed by atoms with E-state index >= 15 is 0 Å². The van der Waals surface area contributed by atoms with E-state index in [9.17, 15) is 9.00 Å². The maximum Gasteiger partial charge on any atom is 0.263 e. The van der Waals surface area contributed by atoms with Crippen molar-refractivity contribution in [2.45, 2.75) is 83.0 Å². The fourth-order valence-electron chi connectivity index (χ4n) is 7.98. The fraction of sp³-hybridized carbons (Fsp3) is 0.649. The van der Waals surface area contributed by atoms with Crippen LogP contribution in [-0.2, 0) is 32.3 Å². The lowest BCUT2D eigenvalue weighted by atomic mass is 9.69. The van der Waals surface area contributed by atoms with Crippen LogP contribution in [0.4, 0.5) is 5.69 Å². The highest BCUT2D eigenvalue weighted by Gasteiger charge is 2.44. The predicted molar refractivity (Wildman–Crippen MR) is 189 cm³/mol. The van der Waals surface area contributed by atoms with Crippen molar-refractivity contribution in [2.75, 3.05) is 57.7 Å². The topological polar surface area (TPSA) is 80.3 Å². The number of ether oxygens (including phenoxy) is 3. The maximum absolute atomic E-state index is 13.4. The molecule has 2 fully saturated rings. The molecule has 5 atom stereocenters. The number of likely N-dealkylation sites (N-methyl/N-ethyl adjacent to an activating group) is 1. The zero-order valence-corrected chi connectivity index (χ0v) is 30.0. The second-order valence-electron chi connectivity index (χ2n) is 14.7. The SMILES string of the molecule is CCCC(C)CS(=O)NC(=O)c1ccc2c(c1)N(CC1CCC1CC1OCC(N(C)C)CO1)C[C@@]1(CCCc3cc(Cl)ccc31)CO2. The Kier molecular flexibility index (Phi) is 11.2. The zero-order chi connectivity index (χ0) is 33.1. The third kappa shape index (κ3) is 8.01. The molecule has 1 amide bonds. The van der Waals surface area contributed by atoms with Crippen LogP contribution in [0, 0.1) is 17.8 Å². The van der Waals surface area contributed by atoms with Gasteiger partial charge in [-0.3, -0.25) is 9.52 Å². The monoisotopic (exact) mass is 685 g/mol. The van der Waals surface area contributed by atoms with Gasteiger partial charge in [-0.05, 0) is 105 Å². The number of benzene rings is 2. The Bertz CT molecular complexity index is 1430. The molecule has 1 saturated carbocycles. The average Bonchev–Trinajstić information content (AvgIpc) is 3.19. The number of amides is 1. The standard InChI is InChI=1S/C37H52ClN3O5S/c1-5-7-25(2)22-47(43)39-36(42)28-11-14-34-33(17-28)41(19-29-10-9-26(29)18-35-44-20-31(21-45-35)40(3)4)23-37(24-46-34)15-6-8-27-16-30(38)12-13-32(27)37/h11-14,16-17,25-26,29,31,35H,5-10,15,18-24H2,1-4H3,(H,39,42)/t25?,26?,29?,31?,35?,37-,47?/m0/s1. The van der Waals surface area contributed by atoms with Crippen LogP contribution in [0.15, 0.2) is 36.4 Å². The number of carbonyl (C=O) groups excluding carboxylic acids is 1. The van der Waals surface area contributed by atoms with E-state index < -0.39 is 11.0 Å². The predicted octanol–water partition coefficient (Wildman–Crippen LogP) is 6.36. The molecule has 2 aromatic rings. The summed E-state index contributed by atoms with van der Waals surface area (Å²) in [4.78, 5) is 18.0. The summed E-state index contributed by atoms with van der Waals surface area (Å²) in [5.41, 5.74) is 3.88. The number of hydrogen-bond donors (Lipinski definition) is 1. The van der Waals surface area contributed by atoms with Gasteiger partial charge in [-0.2, -0.15) is 0 Å². The van der Waals surface area contributed by atoms with Gasteiger partial charge in [0, 0.05) is 41.3 Å². The molecule has 0 bridgehead atoms. The number of rotatable bonds is 11. The van der Waals surface area contributed by atoms with Crippen LogP contribution >= 0.6 is 11.6 Å². The first-order valence-corrected chi connectivity index (χ1v) is 19.2. The van der Waals surface area contributed by atoms with Gasteiger partial charge in [-0.1, -0.05) is 44.4 Å². The van der Waals surface area contributed by atoms with E-state index in [2.05, 4.69) is 54.6 Å². The van der Waals surface area contributed by atoms with Crippen molar-refractivity contribution in [3.05, 3.63) is 58.1 Å². The minimum Gasteiger partial charge on any atom is -0.490 e. The molecule has 1 spiro atoms. The minimum absolute atomic E-state index is 0.156. The van der Waals surface area contributed by atoms with E-state index in [0.29, 0.717) is 49.0 Å². The summed E-state index contributed by atoms with van der Waals surface area (Å²) >= 11 is 6.45. The lowest BCUT2D eigenvalue weighted by Gasteiger charge is -2.45. The molecule has 6 rings (SSSR count). The Labute approximate surface area is 288 Å². The van der Waals surface area contributed by atoms with Gasteiger partial charge in [0.1, 0.15) is 16.7 Å². The van der Waals surface area contributed by atoms with Crippen LogP contribution in [0.5, 0.6) is 5.75 Å². The average molecular weight is 686 g/mol. The lowest BCUT2D eigenvalue weighted by Crippen LogP contribution is -2.49. The first-order chi connectivity index (χ1) is 22.6. The summed E-state index contributed by atoms with van der Waals surface area (Å²) in [6, 6.07) is 12.3. The van der Waals surface area contributed by atoms with Crippen molar-refractivity contribution in [1.82, 2.24) is 9.62 Å². The Morgan fingerprint density at radius 2 is 1.94 bits per heavy atom. The maximum atomic E-state index is 13.4. The number of halogens is 1. The number of aryl methyl sites for hydroxylation is 1. The Hall–Kier alpha value is -2.17. The van der Waals surface area contributed by atoms with E-state index in [0.717, 1.165) is 74.5 Å². The first kappa shape index (κ1) is 34.7. The van der Waals surface area contributed by atoms with Gasteiger partial charge >= 0.3 is 0 Å². The van der Waals surface area contributed by atoms with Gasteiger partial charge in [0.25, 0.3) is 5.91 Å². The summed E-state index contributed by atoms with van der Waals surface area (Å²) in [5, 5.41) is 0.772. The van der Waals surface area contributed by atoms with Crippen molar-refractivity contribution in [3.8, 4) is 5.75 Å². The van der Waals surface area contributed by atoms with Gasteiger partial charge in [-0.25, -0.2) is 4.21 Å². The first-order valence-electron chi connectivity index (χ1n) is 17.5. The summed E-state index contributed by atoms with van der Waals surface area (Å²) < 4.78 is 34.5. The van der Waals surface area contributed by atoms with Crippen molar-refractivity contribution in [2.24, 2.45) is 17.8 Å². The quantitative estimate of drug-likeness (QED) is 0.295. The van der Waals surface area contributed by atoms with Crippen LogP contribution in [0.3, 0.4) is 0 Å². The molecule has 0 aromatic heterocycles. The van der Waals surface area contributed by atoms with Gasteiger partial charge in [-0.15, -0.1) is 0 Å². The summed E-state index contributed by atoms with van der Waals surface area (Å²) in [7, 11) is 2.70. The van der Waals surface area contributed by atoms with E-state index in [4.69, 9.17) is 25.8 Å². The lowest BCUT2D eigenvalue weighted by molar-refractivity contribution is -0.212. The van der Waals surface area contributed by atoms with E-state index in [1.807, 2.05) is 18.2 Å². The molecule has 2 aromatic carbocycles. The smallest absolute Gasteiger partial charge is 0.263 e. The molecule has 2 heterocycles. The minimum atomic E-state index is -1.43. The number of hydrogen-bond acceptors (Lipinski definition) is 7. The third-order valence-corrected chi connectivity index (χ3v) is 12.4. The number of carbonyl (C=O) groups is 1. The number of anilines is 1.